The topological polar surface area (TPSA) is 66.2 Å². The number of hydrogen-bond donors (Lipinski definition) is 0. The molecule has 0 saturated carbocycles. The SMILES string of the molecule is Cn1cnc2cc(C(=O)OC[C@H]3CCO[C@@H]3c3ccccc3)cnc21. The zero-order valence-electron chi connectivity index (χ0n) is 14.0. The fourth-order valence-electron chi connectivity index (χ4n) is 3.21. The van der Waals surface area contributed by atoms with E-state index in [4.69, 9.17) is 9.47 Å². The van der Waals surface area contributed by atoms with Crippen LogP contribution in [0.2, 0.25) is 0 Å². The summed E-state index contributed by atoms with van der Waals surface area (Å²) in [5.74, 6) is -0.211. The summed E-state index contributed by atoms with van der Waals surface area (Å²) in [4.78, 5) is 20.9. The fraction of sp³-hybridized carbons (Fsp3) is 0.316. The number of hydrogen-bond acceptors (Lipinski definition) is 5. The number of nitrogens with zero attached hydrogens (tertiary/aromatic N) is 3. The lowest BCUT2D eigenvalue weighted by Gasteiger charge is -2.18. The molecule has 3 heterocycles. The van der Waals surface area contributed by atoms with E-state index >= 15 is 0 Å². The average Bonchev–Trinajstić information content (AvgIpc) is 3.27. The number of aryl methyl sites for hydroxylation is 1. The molecule has 2 aromatic heterocycles. The molecule has 1 saturated heterocycles. The van der Waals surface area contributed by atoms with Gasteiger partial charge < -0.3 is 14.0 Å². The first-order valence-electron chi connectivity index (χ1n) is 8.33. The predicted molar refractivity (Wildman–Crippen MR) is 92.0 cm³/mol. The van der Waals surface area contributed by atoms with Crippen molar-refractivity contribution in [2.24, 2.45) is 13.0 Å². The number of fused-ring (bicyclic) bond motifs is 1. The maximum absolute atomic E-state index is 12.4. The number of rotatable bonds is 4. The highest BCUT2D eigenvalue weighted by Gasteiger charge is 2.30. The third kappa shape index (κ3) is 3.13. The van der Waals surface area contributed by atoms with Gasteiger partial charge in [0, 0.05) is 25.8 Å². The zero-order chi connectivity index (χ0) is 17.2. The van der Waals surface area contributed by atoms with Crippen molar-refractivity contribution >= 4 is 17.1 Å². The Bertz CT molecular complexity index is 891. The van der Waals surface area contributed by atoms with E-state index in [0.29, 0.717) is 24.3 Å². The number of aromatic nitrogens is 3. The van der Waals surface area contributed by atoms with Crippen LogP contribution in [0.5, 0.6) is 0 Å². The molecule has 0 aliphatic carbocycles. The number of imidazole rings is 1. The van der Waals surface area contributed by atoms with Crippen molar-refractivity contribution in [2.45, 2.75) is 12.5 Å². The van der Waals surface area contributed by atoms with Crippen LogP contribution in [0.1, 0.15) is 28.4 Å². The number of benzene rings is 1. The van der Waals surface area contributed by atoms with Crippen molar-refractivity contribution in [3.05, 3.63) is 60.0 Å². The van der Waals surface area contributed by atoms with Crippen LogP contribution >= 0.6 is 0 Å². The summed E-state index contributed by atoms with van der Waals surface area (Å²) in [6, 6.07) is 11.8. The average molecular weight is 337 g/mol. The standard InChI is InChI=1S/C19H19N3O3/c1-22-12-21-16-9-15(10-20-18(16)22)19(23)25-11-14-7-8-24-17(14)13-5-3-2-4-6-13/h2-6,9-10,12,14,17H,7-8,11H2,1H3/t14-,17-/m1/s1. The molecule has 25 heavy (non-hydrogen) atoms. The number of pyridine rings is 1. The number of carbonyl (C=O) groups is 1. The van der Waals surface area contributed by atoms with Gasteiger partial charge in [-0.3, -0.25) is 0 Å². The minimum atomic E-state index is -0.376. The molecule has 128 valence electrons. The Balaban J connectivity index is 1.43. The van der Waals surface area contributed by atoms with E-state index in [-0.39, 0.29) is 18.0 Å². The van der Waals surface area contributed by atoms with Crippen LogP contribution in [0, 0.1) is 5.92 Å². The number of esters is 1. The molecule has 0 spiro atoms. The first-order valence-corrected chi connectivity index (χ1v) is 8.33. The van der Waals surface area contributed by atoms with Gasteiger partial charge in [0.15, 0.2) is 5.65 Å². The third-order valence-electron chi connectivity index (χ3n) is 4.56. The molecular weight excluding hydrogens is 318 g/mol. The van der Waals surface area contributed by atoms with Crippen molar-refractivity contribution in [1.29, 1.82) is 0 Å². The second-order valence-electron chi connectivity index (χ2n) is 6.27. The Morgan fingerprint density at radius 1 is 1.32 bits per heavy atom. The third-order valence-corrected chi connectivity index (χ3v) is 4.56. The van der Waals surface area contributed by atoms with E-state index in [1.807, 2.05) is 41.9 Å². The molecular formula is C19H19N3O3. The van der Waals surface area contributed by atoms with Crippen LogP contribution in [-0.2, 0) is 16.5 Å². The summed E-state index contributed by atoms with van der Waals surface area (Å²) in [5.41, 5.74) is 2.96. The lowest BCUT2D eigenvalue weighted by atomic mass is 9.96. The molecule has 0 N–H and O–H groups in total. The van der Waals surface area contributed by atoms with Gasteiger partial charge >= 0.3 is 5.97 Å². The van der Waals surface area contributed by atoms with Gasteiger partial charge in [-0.2, -0.15) is 0 Å². The van der Waals surface area contributed by atoms with Crippen LogP contribution in [0.15, 0.2) is 48.9 Å². The van der Waals surface area contributed by atoms with Gasteiger partial charge in [-0.15, -0.1) is 0 Å². The van der Waals surface area contributed by atoms with Crippen molar-refractivity contribution in [1.82, 2.24) is 14.5 Å². The maximum atomic E-state index is 12.4. The fourth-order valence-corrected chi connectivity index (χ4v) is 3.21. The summed E-state index contributed by atoms with van der Waals surface area (Å²) in [6.07, 6.45) is 4.06. The summed E-state index contributed by atoms with van der Waals surface area (Å²) < 4.78 is 13.2. The quantitative estimate of drug-likeness (QED) is 0.685. The van der Waals surface area contributed by atoms with Crippen molar-refractivity contribution < 1.29 is 14.3 Å². The Morgan fingerprint density at radius 2 is 2.16 bits per heavy atom. The van der Waals surface area contributed by atoms with Gasteiger partial charge in [-0.1, -0.05) is 30.3 Å². The van der Waals surface area contributed by atoms with Crippen LogP contribution in [0.3, 0.4) is 0 Å². The number of ether oxygens (including phenoxy) is 2. The molecule has 6 heteroatoms. The number of carbonyl (C=O) groups excluding carboxylic acids is 1. The second-order valence-corrected chi connectivity index (χ2v) is 6.27. The molecule has 6 nitrogen and oxygen atoms in total. The van der Waals surface area contributed by atoms with Crippen molar-refractivity contribution in [2.75, 3.05) is 13.2 Å². The normalized spacial score (nSPS) is 20.0. The van der Waals surface area contributed by atoms with E-state index < -0.39 is 0 Å². The van der Waals surface area contributed by atoms with Gasteiger partial charge in [0.25, 0.3) is 0 Å². The summed E-state index contributed by atoms with van der Waals surface area (Å²) in [7, 11) is 1.87. The molecule has 3 aromatic rings. The Hall–Kier alpha value is -2.73. The maximum Gasteiger partial charge on any atom is 0.339 e. The monoisotopic (exact) mass is 337 g/mol. The highest BCUT2D eigenvalue weighted by molar-refractivity contribution is 5.92. The molecule has 0 radical (unpaired) electrons. The van der Waals surface area contributed by atoms with E-state index in [9.17, 15) is 4.79 Å². The molecule has 0 bridgehead atoms. The lowest BCUT2D eigenvalue weighted by molar-refractivity contribution is 0.0306. The molecule has 2 atom stereocenters. The van der Waals surface area contributed by atoms with Gasteiger partial charge in [0.1, 0.15) is 5.52 Å². The second kappa shape index (κ2) is 6.64. The lowest BCUT2D eigenvalue weighted by Crippen LogP contribution is -2.17. The van der Waals surface area contributed by atoms with Crippen LogP contribution < -0.4 is 0 Å². The van der Waals surface area contributed by atoms with Gasteiger partial charge in [0.2, 0.25) is 0 Å². The van der Waals surface area contributed by atoms with Gasteiger partial charge in [-0.25, -0.2) is 14.8 Å². The van der Waals surface area contributed by atoms with Gasteiger partial charge in [-0.05, 0) is 18.1 Å². The molecule has 1 fully saturated rings. The van der Waals surface area contributed by atoms with Crippen LogP contribution in [-0.4, -0.2) is 33.7 Å². The smallest absolute Gasteiger partial charge is 0.339 e. The minimum absolute atomic E-state index is 0.0228. The molecule has 0 unspecified atom stereocenters. The summed E-state index contributed by atoms with van der Waals surface area (Å²) >= 11 is 0. The van der Waals surface area contributed by atoms with E-state index in [2.05, 4.69) is 9.97 Å². The molecule has 1 aromatic carbocycles. The molecule has 4 rings (SSSR count). The first kappa shape index (κ1) is 15.8. The van der Waals surface area contributed by atoms with Crippen molar-refractivity contribution in [3.63, 3.8) is 0 Å². The highest BCUT2D eigenvalue weighted by atomic mass is 16.5. The van der Waals surface area contributed by atoms with E-state index in [1.54, 1.807) is 12.4 Å². The van der Waals surface area contributed by atoms with Gasteiger partial charge in [0.05, 0.1) is 24.6 Å². The Kier molecular flexibility index (Phi) is 4.19. The minimum Gasteiger partial charge on any atom is -0.462 e. The van der Waals surface area contributed by atoms with Crippen LogP contribution in [0.4, 0.5) is 0 Å². The molecule has 1 aliphatic rings. The summed E-state index contributed by atoms with van der Waals surface area (Å²) in [6.45, 7) is 1.02. The first-order chi connectivity index (χ1) is 12.2. The summed E-state index contributed by atoms with van der Waals surface area (Å²) in [5, 5.41) is 0. The Labute approximate surface area is 145 Å². The molecule has 0 amide bonds. The van der Waals surface area contributed by atoms with E-state index in [1.165, 1.54) is 6.20 Å². The van der Waals surface area contributed by atoms with E-state index in [0.717, 1.165) is 17.6 Å². The molecule has 1 aliphatic heterocycles. The van der Waals surface area contributed by atoms with Crippen LogP contribution in [0.25, 0.3) is 11.2 Å². The largest absolute Gasteiger partial charge is 0.462 e. The highest BCUT2D eigenvalue weighted by Crippen LogP contribution is 2.34. The zero-order valence-corrected chi connectivity index (χ0v) is 14.0. The Morgan fingerprint density at radius 3 is 3.00 bits per heavy atom. The predicted octanol–water partition coefficient (Wildman–Crippen LogP) is 2.90. The van der Waals surface area contributed by atoms with Crippen molar-refractivity contribution in [3.8, 4) is 0 Å².